The van der Waals surface area contributed by atoms with Crippen molar-refractivity contribution in [2.75, 3.05) is 19.0 Å². The molecular formula is C15H20N2O3. The van der Waals surface area contributed by atoms with Crippen LogP contribution in [0.3, 0.4) is 0 Å². The topological polar surface area (TPSA) is 56.5 Å². The summed E-state index contributed by atoms with van der Waals surface area (Å²) in [5.41, 5.74) is 2.96. The number of rotatable bonds is 6. The van der Waals surface area contributed by atoms with Crippen molar-refractivity contribution in [1.29, 1.82) is 0 Å². The number of aryl methyl sites for hydroxylation is 2. The molecule has 1 heterocycles. The van der Waals surface area contributed by atoms with Crippen LogP contribution < -0.4 is 14.8 Å². The van der Waals surface area contributed by atoms with Crippen molar-refractivity contribution < 1.29 is 14.0 Å². The molecule has 1 aromatic heterocycles. The van der Waals surface area contributed by atoms with Crippen LogP contribution in [0.4, 0.5) is 5.69 Å². The van der Waals surface area contributed by atoms with Crippen LogP contribution in [0.15, 0.2) is 22.7 Å². The Balaban J connectivity index is 2.12. The van der Waals surface area contributed by atoms with Gasteiger partial charge >= 0.3 is 0 Å². The molecule has 1 N–H and O–H groups in total. The van der Waals surface area contributed by atoms with Gasteiger partial charge in [-0.3, -0.25) is 0 Å². The first-order valence-corrected chi connectivity index (χ1v) is 6.62. The van der Waals surface area contributed by atoms with E-state index in [-0.39, 0.29) is 0 Å². The molecule has 0 saturated heterocycles. The Morgan fingerprint density at radius 3 is 2.65 bits per heavy atom. The highest BCUT2D eigenvalue weighted by Gasteiger charge is 2.09. The summed E-state index contributed by atoms with van der Waals surface area (Å²) in [6.07, 6.45) is 0. The van der Waals surface area contributed by atoms with Gasteiger partial charge in [0.25, 0.3) is 0 Å². The number of hydrogen-bond donors (Lipinski definition) is 1. The van der Waals surface area contributed by atoms with Crippen LogP contribution in [0.2, 0.25) is 0 Å². The molecule has 0 radical (unpaired) electrons. The number of nitrogens with one attached hydrogen (secondary N) is 1. The average Bonchev–Trinajstić information content (AvgIpc) is 2.76. The molecule has 5 nitrogen and oxygen atoms in total. The predicted molar refractivity (Wildman–Crippen MR) is 77.5 cm³/mol. The number of anilines is 1. The Kier molecular flexibility index (Phi) is 4.50. The van der Waals surface area contributed by atoms with Crippen molar-refractivity contribution in [3.8, 4) is 11.5 Å². The maximum absolute atomic E-state index is 5.56. The quantitative estimate of drug-likeness (QED) is 0.877. The van der Waals surface area contributed by atoms with E-state index >= 15 is 0 Å². The second kappa shape index (κ2) is 6.32. The number of hydrogen-bond acceptors (Lipinski definition) is 5. The number of nitrogens with zero attached hydrogens (tertiary/aromatic N) is 1. The first-order chi connectivity index (χ1) is 9.65. The van der Waals surface area contributed by atoms with E-state index in [1.807, 2.05) is 39.0 Å². The molecular weight excluding hydrogens is 256 g/mol. The minimum Gasteiger partial charge on any atom is -0.493 e. The fourth-order valence-electron chi connectivity index (χ4n) is 2.00. The highest BCUT2D eigenvalue weighted by atomic mass is 16.5. The van der Waals surface area contributed by atoms with Crippen molar-refractivity contribution in [2.24, 2.45) is 0 Å². The van der Waals surface area contributed by atoms with Crippen LogP contribution >= 0.6 is 0 Å². The van der Waals surface area contributed by atoms with Crippen molar-refractivity contribution in [2.45, 2.75) is 27.3 Å². The maximum atomic E-state index is 5.56. The third-order valence-corrected chi connectivity index (χ3v) is 3.11. The Labute approximate surface area is 118 Å². The zero-order valence-corrected chi connectivity index (χ0v) is 12.3. The number of ether oxygens (including phenoxy) is 2. The van der Waals surface area contributed by atoms with Crippen LogP contribution in [0.25, 0.3) is 0 Å². The molecule has 0 aliphatic rings. The summed E-state index contributed by atoms with van der Waals surface area (Å²) < 4.78 is 16.0. The molecule has 108 valence electrons. The van der Waals surface area contributed by atoms with Gasteiger partial charge in [-0.05, 0) is 32.9 Å². The molecule has 0 aliphatic carbocycles. The molecule has 0 saturated carbocycles. The molecule has 0 fully saturated rings. The van der Waals surface area contributed by atoms with Crippen LogP contribution in [-0.4, -0.2) is 18.9 Å². The summed E-state index contributed by atoms with van der Waals surface area (Å²) in [6.45, 7) is 7.07. The second-order valence-corrected chi connectivity index (χ2v) is 4.45. The summed E-state index contributed by atoms with van der Waals surface area (Å²) in [5, 5.41) is 7.29. The number of benzene rings is 1. The van der Waals surface area contributed by atoms with Gasteiger partial charge in [0.05, 0.1) is 19.4 Å². The first kappa shape index (κ1) is 14.2. The molecule has 0 bridgehead atoms. The Hall–Kier alpha value is -2.17. The standard InChI is InChI=1S/C15H20N2O3/c1-5-19-15-8-12(6-7-14(15)18-4)16-9-13-10(2)17-20-11(13)3/h6-8,16H,5,9H2,1-4H3. The van der Waals surface area contributed by atoms with Gasteiger partial charge in [-0.25, -0.2) is 0 Å². The summed E-state index contributed by atoms with van der Waals surface area (Å²) in [6, 6.07) is 5.78. The lowest BCUT2D eigenvalue weighted by atomic mass is 10.2. The predicted octanol–water partition coefficient (Wildman–Crippen LogP) is 3.31. The zero-order valence-electron chi connectivity index (χ0n) is 12.3. The minimum absolute atomic E-state index is 0.601. The number of methoxy groups -OCH3 is 1. The summed E-state index contributed by atoms with van der Waals surface area (Å²) in [5.74, 6) is 2.31. The van der Waals surface area contributed by atoms with Crippen LogP contribution in [-0.2, 0) is 6.54 Å². The van der Waals surface area contributed by atoms with E-state index in [2.05, 4.69) is 10.5 Å². The van der Waals surface area contributed by atoms with Gasteiger partial charge in [0.2, 0.25) is 0 Å². The van der Waals surface area contributed by atoms with Gasteiger partial charge in [-0.1, -0.05) is 5.16 Å². The molecule has 20 heavy (non-hydrogen) atoms. The van der Waals surface area contributed by atoms with Gasteiger partial charge in [0, 0.05) is 23.9 Å². The molecule has 2 rings (SSSR count). The molecule has 5 heteroatoms. The van der Waals surface area contributed by atoms with E-state index in [0.717, 1.165) is 34.2 Å². The van der Waals surface area contributed by atoms with E-state index in [1.165, 1.54) is 0 Å². The lowest BCUT2D eigenvalue weighted by Gasteiger charge is -2.12. The number of aromatic nitrogens is 1. The van der Waals surface area contributed by atoms with E-state index < -0.39 is 0 Å². The van der Waals surface area contributed by atoms with Crippen molar-refractivity contribution in [1.82, 2.24) is 5.16 Å². The Morgan fingerprint density at radius 2 is 2.05 bits per heavy atom. The second-order valence-electron chi connectivity index (χ2n) is 4.45. The van der Waals surface area contributed by atoms with Crippen LogP contribution in [0, 0.1) is 13.8 Å². The van der Waals surface area contributed by atoms with Crippen molar-refractivity contribution >= 4 is 5.69 Å². The highest BCUT2D eigenvalue weighted by molar-refractivity contribution is 5.55. The van der Waals surface area contributed by atoms with Gasteiger partial charge < -0.3 is 19.3 Å². The van der Waals surface area contributed by atoms with Gasteiger partial charge in [-0.2, -0.15) is 0 Å². The van der Waals surface area contributed by atoms with E-state index in [0.29, 0.717) is 13.2 Å². The molecule has 0 unspecified atom stereocenters. The molecule has 0 spiro atoms. The normalized spacial score (nSPS) is 10.4. The van der Waals surface area contributed by atoms with Crippen molar-refractivity contribution in [3.05, 3.63) is 35.2 Å². The third kappa shape index (κ3) is 3.04. The van der Waals surface area contributed by atoms with Gasteiger partial charge in [0.1, 0.15) is 5.76 Å². The molecule has 0 aliphatic heterocycles. The van der Waals surface area contributed by atoms with E-state index in [9.17, 15) is 0 Å². The molecule has 0 atom stereocenters. The maximum Gasteiger partial charge on any atom is 0.163 e. The fourth-order valence-corrected chi connectivity index (χ4v) is 2.00. The van der Waals surface area contributed by atoms with Crippen LogP contribution in [0.5, 0.6) is 11.5 Å². The summed E-state index contributed by atoms with van der Waals surface area (Å²) in [4.78, 5) is 0. The Bertz CT molecular complexity index is 559. The van der Waals surface area contributed by atoms with Crippen molar-refractivity contribution in [3.63, 3.8) is 0 Å². The largest absolute Gasteiger partial charge is 0.493 e. The van der Waals surface area contributed by atoms with Gasteiger partial charge in [-0.15, -0.1) is 0 Å². The smallest absolute Gasteiger partial charge is 0.163 e. The minimum atomic E-state index is 0.601. The third-order valence-electron chi connectivity index (χ3n) is 3.11. The average molecular weight is 276 g/mol. The first-order valence-electron chi connectivity index (χ1n) is 6.62. The lowest BCUT2D eigenvalue weighted by molar-refractivity contribution is 0.311. The summed E-state index contributed by atoms with van der Waals surface area (Å²) in [7, 11) is 1.63. The van der Waals surface area contributed by atoms with E-state index in [1.54, 1.807) is 7.11 Å². The zero-order chi connectivity index (χ0) is 14.5. The monoisotopic (exact) mass is 276 g/mol. The Morgan fingerprint density at radius 1 is 1.25 bits per heavy atom. The van der Waals surface area contributed by atoms with E-state index in [4.69, 9.17) is 14.0 Å². The lowest BCUT2D eigenvalue weighted by Crippen LogP contribution is -2.02. The van der Waals surface area contributed by atoms with Crippen LogP contribution in [0.1, 0.15) is 23.9 Å². The summed E-state index contributed by atoms with van der Waals surface area (Å²) >= 11 is 0. The fraction of sp³-hybridized carbons (Fsp3) is 0.400. The molecule has 2 aromatic rings. The molecule has 1 aromatic carbocycles. The van der Waals surface area contributed by atoms with Gasteiger partial charge in [0.15, 0.2) is 11.5 Å². The highest BCUT2D eigenvalue weighted by Crippen LogP contribution is 2.30. The SMILES string of the molecule is CCOc1cc(NCc2c(C)noc2C)ccc1OC. The molecule has 0 amide bonds.